The number of hydrogen-bond acceptors (Lipinski definition) is 3. The van der Waals surface area contributed by atoms with Gasteiger partial charge in [0.25, 0.3) is 0 Å². The summed E-state index contributed by atoms with van der Waals surface area (Å²) in [5, 5.41) is 3.55. The highest BCUT2D eigenvalue weighted by molar-refractivity contribution is 5.45. The Morgan fingerprint density at radius 3 is 2.89 bits per heavy atom. The quantitative estimate of drug-likeness (QED) is 0.916. The summed E-state index contributed by atoms with van der Waals surface area (Å²) in [6, 6.07) is 10.4. The lowest BCUT2D eigenvalue weighted by Gasteiger charge is -2.28. The molecule has 1 aromatic heterocycles. The third-order valence-electron chi connectivity index (χ3n) is 3.61. The molecule has 1 aliphatic rings. The average Bonchev–Trinajstić information content (AvgIpc) is 2.95. The van der Waals surface area contributed by atoms with Gasteiger partial charge in [-0.3, -0.25) is 0 Å². The Kier molecular flexibility index (Phi) is 3.17. The summed E-state index contributed by atoms with van der Waals surface area (Å²) in [6.07, 6.45) is 2.12. The molecule has 2 aromatic rings. The van der Waals surface area contributed by atoms with Crippen molar-refractivity contribution in [3.8, 4) is 11.5 Å². The molecular weight excluding hydrogens is 240 g/mol. The van der Waals surface area contributed by atoms with Crippen LogP contribution in [0.4, 0.5) is 0 Å². The number of benzene rings is 1. The molecule has 1 atom stereocenters. The van der Waals surface area contributed by atoms with E-state index in [2.05, 4.69) is 34.3 Å². The highest BCUT2D eigenvalue weighted by Crippen LogP contribution is 2.34. The zero-order valence-corrected chi connectivity index (χ0v) is 11.2. The van der Waals surface area contributed by atoms with Gasteiger partial charge in [-0.1, -0.05) is 0 Å². The van der Waals surface area contributed by atoms with Crippen LogP contribution in [0.5, 0.6) is 11.5 Å². The highest BCUT2D eigenvalue weighted by Gasteiger charge is 2.23. The van der Waals surface area contributed by atoms with Crippen LogP contribution in [0, 0.1) is 0 Å². The van der Waals surface area contributed by atoms with Gasteiger partial charge in [0.05, 0.1) is 20.3 Å². The molecule has 3 rings (SSSR count). The molecule has 0 saturated carbocycles. The van der Waals surface area contributed by atoms with E-state index in [-0.39, 0.29) is 6.04 Å². The van der Waals surface area contributed by atoms with E-state index >= 15 is 0 Å². The summed E-state index contributed by atoms with van der Waals surface area (Å²) in [7, 11) is 3.36. The minimum Gasteiger partial charge on any atom is -0.497 e. The molecule has 0 bridgehead atoms. The third kappa shape index (κ3) is 2.08. The Balaban J connectivity index is 2.04. The van der Waals surface area contributed by atoms with Gasteiger partial charge in [-0.05, 0) is 24.3 Å². The van der Waals surface area contributed by atoms with E-state index in [1.807, 2.05) is 12.1 Å². The molecule has 1 unspecified atom stereocenters. The van der Waals surface area contributed by atoms with E-state index in [1.165, 1.54) is 5.69 Å². The summed E-state index contributed by atoms with van der Waals surface area (Å²) >= 11 is 0. The predicted molar refractivity (Wildman–Crippen MR) is 73.8 cm³/mol. The van der Waals surface area contributed by atoms with Crippen LogP contribution in [0.25, 0.3) is 0 Å². The Morgan fingerprint density at radius 2 is 2.11 bits per heavy atom. The first-order valence-corrected chi connectivity index (χ1v) is 6.44. The maximum absolute atomic E-state index is 5.50. The number of hydrogen-bond donors (Lipinski definition) is 1. The van der Waals surface area contributed by atoms with E-state index in [0.717, 1.165) is 30.2 Å². The maximum atomic E-state index is 5.50. The molecule has 1 aromatic carbocycles. The molecule has 0 fully saturated rings. The van der Waals surface area contributed by atoms with Crippen LogP contribution in [0.15, 0.2) is 36.5 Å². The standard InChI is InChI=1S/C15H18N2O2/c1-18-11-5-6-12(14(10-11)19-2)15-13-4-3-8-17(13)9-7-16-15/h3-6,8,10,15-16H,7,9H2,1-2H3. The third-order valence-corrected chi connectivity index (χ3v) is 3.61. The van der Waals surface area contributed by atoms with Crippen molar-refractivity contribution < 1.29 is 9.47 Å². The van der Waals surface area contributed by atoms with Crippen molar-refractivity contribution in [2.24, 2.45) is 0 Å². The van der Waals surface area contributed by atoms with Gasteiger partial charge < -0.3 is 19.4 Å². The summed E-state index contributed by atoms with van der Waals surface area (Å²) in [6.45, 7) is 1.97. The number of aromatic nitrogens is 1. The first-order valence-electron chi connectivity index (χ1n) is 6.44. The van der Waals surface area contributed by atoms with Crippen molar-refractivity contribution in [3.63, 3.8) is 0 Å². The number of rotatable bonds is 3. The van der Waals surface area contributed by atoms with Crippen LogP contribution < -0.4 is 14.8 Å². The van der Waals surface area contributed by atoms with Gasteiger partial charge in [-0.2, -0.15) is 0 Å². The fourth-order valence-electron chi connectivity index (χ4n) is 2.65. The lowest BCUT2D eigenvalue weighted by Crippen LogP contribution is -2.33. The average molecular weight is 258 g/mol. The van der Waals surface area contributed by atoms with Gasteiger partial charge in [-0.25, -0.2) is 0 Å². The molecule has 1 aliphatic heterocycles. The van der Waals surface area contributed by atoms with Crippen LogP contribution in [0.3, 0.4) is 0 Å². The number of nitrogens with zero attached hydrogens (tertiary/aromatic N) is 1. The Labute approximate surface area is 113 Å². The molecule has 0 spiro atoms. The first kappa shape index (κ1) is 12.1. The summed E-state index contributed by atoms with van der Waals surface area (Å²) < 4.78 is 13.0. The summed E-state index contributed by atoms with van der Waals surface area (Å²) in [4.78, 5) is 0. The van der Waals surface area contributed by atoms with Crippen LogP contribution in [0.1, 0.15) is 17.3 Å². The van der Waals surface area contributed by atoms with Gasteiger partial charge >= 0.3 is 0 Å². The first-order chi connectivity index (χ1) is 9.33. The second-order valence-corrected chi connectivity index (χ2v) is 4.62. The fraction of sp³-hybridized carbons (Fsp3) is 0.333. The number of ether oxygens (including phenoxy) is 2. The minimum absolute atomic E-state index is 0.171. The predicted octanol–water partition coefficient (Wildman–Crippen LogP) is 2.20. The zero-order chi connectivity index (χ0) is 13.2. The van der Waals surface area contributed by atoms with Crippen LogP contribution in [0.2, 0.25) is 0 Å². The molecule has 0 amide bonds. The van der Waals surface area contributed by atoms with Crippen molar-refractivity contribution in [1.29, 1.82) is 0 Å². The van der Waals surface area contributed by atoms with Gasteiger partial charge in [0, 0.05) is 36.6 Å². The van der Waals surface area contributed by atoms with Crippen molar-refractivity contribution in [1.82, 2.24) is 9.88 Å². The molecule has 0 aliphatic carbocycles. The van der Waals surface area contributed by atoms with Crippen LogP contribution in [-0.2, 0) is 6.54 Å². The molecule has 19 heavy (non-hydrogen) atoms. The Hall–Kier alpha value is -1.94. The van der Waals surface area contributed by atoms with Crippen molar-refractivity contribution >= 4 is 0 Å². The van der Waals surface area contributed by atoms with E-state index in [9.17, 15) is 0 Å². The molecule has 4 nitrogen and oxygen atoms in total. The topological polar surface area (TPSA) is 35.4 Å². The molecule has 1 N–H and O–H groups in total. The van der Waals surface area contributed by atoms with E-state index in [4.69, 9.17) is 9.47 Å². The Bertz CT molecular complexity index is 577. The fourth-order valence-corrected chi connectivity index (χ4v) is 2.65. The SMILES string of the molecule is COc1ccc(C2NCCn3cccc32)c(OC)c1. The van der Waals surface area contributed by atoms with Crippen molar-refractivity contribution in [2.75, 3.05) is 20.8 Å². The zero-order valence-electron chi connectivity index (χ0n) is 11.2. The molecule has 0 radical (unpaired) electrons. The van der Waals surface area contributed by atoms with Gasteiger partial charge in [-0.15, -0.1) is 0 Å². The van der Waals surface area contributed by atoms with Crippen LogP contribution in [-0.4, -0.2) is 25.3 Å². The number of nitrogens with one attached hydrogen (secondary N) is 1. The monoisotopic (exact) mass is 258 g/mol. The molecule has 0 saturated heterocycles. The highest BCUT2D eigenvalue weighted by atomic mass is 16.5. The van der Waals surface area contributed by atoms with Gasteiger partial charge in [0.2, 0.25) is 0 Å². The number of methoxy groups -OCH3 is 2. The van der Waals surface area contributed by atoms with Gasteiger partial charge in [0.15, 0.2) is 0 Å². The maximum Gasteiger partial charge on any atom is 0.127 e. The second-order valence-electron chi connectivity index (χ2n) is 4.62. The molecular formula is C15H18N2O2. The van der Waals surface area contributed by atoms with E-state index < -0.39 is 0 Å². The summed E-state index contributed by atoms with van der Waals surface area (Å²) in [5.74, 6) is 1.67. The molecule has 2 heterocycles. The van der Waals surface area contributed by atoms with E-state index in [0.29, 0.717) is 0 Å². The lowest BCUT2D eigenvalue weighted by atomic mass is 10.0. The smallest absolute Gasteiger partial charge is 0.127 e. The number of fused-ring (bicyclic) bond motifs is 1. The van der Waals surface area contributed by atoms with Crippen LogP contribution >= 0.6 is 0 Å². The van der Waals surface area contributed by atoms with Crippen molar-refractivity contribution in [2.45, 2.75) is 12.6 Å². The Morgan fingerprint density at radius 1 is 1.21 bits per heavy atom. The molecule has 100 valence electrons. The minimum atomic E-state index is 0.171. The largest absolute Gasteiger partial charge is 0.497 e. The summed E-state index contributed by atoms with van der Waals surface area (Å²) in [5.41, 5.74) is 2.41. The van der Waals surface area contributed by atoms with Crippen molar-refractivity contribution in [3.05, 3.63) is 47.8 Å². The van der Waals surface area contributed by atoms with E-state index in [1.54, 1.807) is 14.2 Å². The second kappa shape index (κ2) is 4.97. The van der Waals surface area contributed by atoms with Gasteiger partial charge in [0.1, 0.15) is 11.5 Å². The lowest BCUT2D eigenvalue weighted by molar-refractivity contribution is 0.382. The normalized spacial score (nSPS) is 17.9. The molecule has 4 heteroatoms.